The van der Waals surface area contributed by atoms with Crippen molar-refractivity contribution in [3.63, 3.8) is 0 Å². The molecule has 1 N–H and O–H groups in total. The van der Waals surface area contributed by atoms with Crippen molar-refractivity contribution in [3.8, 4) is 5.75 Å². The highest BCUT2D eigenvalue weighted by atomic mass is 16.3. The monoisotopic (exact) mass is 219 g/mol. The largest absolute Gasteiger partial charge is 0.508 e. The Kier molecular flexibility index (Phi) is 6.93. The van der Waals surface area contributed by atoms with Crippen molar-refractivity contribution < 1.29 is 5.11 Å². The molecule has 0 atom stereocenters. The van der Waals surface area contributed by atoms with Crippen LogP contribution in [0.1, 0.15) is 33.3 Å². The molecule has 1 heterocycles. The topological polar surface area (TPSA) is 33.1 Å². The summed E-state index contributed by atoms with van der Waals surface area (Å²) in [5.74, 6) is 0.311. The van der Waals surface area contributed by atoms with Gasteiger partial charge in [0.1, 0.15) is 5.75 Å². The number of phenolic OH excluding ortho intramolecular Hbond substituents is 1. The maximum Gasteiger partial charge on any atom is 0.116 e. The molecule has 2 nitrogen and oxygen atoms in total. The first-order valence-electron chi connectivity index (χ1n) is 5.81. The molecular formula is C14H21NO. The fraction of sp³-hybridized carbons (Fsp3) is 0.357. The number of aromatic hydroxyl groups is 1. The second-order valence-electron chi connectivity index (χ2n) is 2.86. The Morgan fingerprint density at radius 2 is 1.69 bits per heavy atom. The lowest BCUT2D eigenvalue weighted by Gasteiger charge is -2.01. The summed E-state index contributed by atoms with van der Waals surface area (Å²) in [6.07, 6.45) is 3.53. The fourth-order valence-electron chi connectivity index (χ4n) is 1.36. The van der Waals surface area contributed by atoms with E-state index in [1.54, 1.807) is 18.3 Å². The van der Waals surface area contributed by atoms with Gasteiger partial charge in [0, 0.05) is 17.8 Å². The van der Waals surface area contributed by atoms with Crippen LogP contribution in [0.3, 0.4) is 0 Å². The summed E-state index contributed by atoms with van der Waals surface area (Å²) in [6.45, 7) is 9.96. The van der Waals surface area contributed by atoms with Crippen molar-refractivity contribution in [3.05, 3.63) is 36.2 Å². The van der Waals surface area contributed by atoms with Crippen LogP contribution in [-0.4, -0.2) is 10.1 Å². The Bertz CT molecular complexity index is 424. The number of hydrogen-bond donors (Lipinski definition) is 1. The predicted octanol–water partition coefficient (Wildman–Crippen LogP) is 4.30. The van der Waals surface area contributed by atoms with Gasteiger partial charge in [0.05, 0.1) is 0 Å². The lowest BCUT2D eigenvalue weighted by atomic mass is 10.1. The molecule has 0 radical (unpaired) electrons. The van der Waals surface area contributed by atoms with E-state index in [1.165, 1.54) is 0 Å². The minimum absolute atomic E-state index is 0.311. The molecule has 0 fully saturated rings. The van der Waals surface area contributed by atoms with E-state index in [2.05, 4.69) is 4.98 Å². The van der Waals surface area contributed by atoms with Crippen molar-refractivity contribution in [2.45, 2.75) is 34.6 Å². The van der Waals surface area contributed by atoms with E-state index in [0.29, 0.717) is 5.75 Å². The number of aromatic nitrogens is 1. The molecule has 2 heteroatoms. The molecule has 2 rings (SSSR count). The van der Waals surface area contributed by atoms with Gasteiger partial charge in [0.15, 0.2) is 0 Å². The molecule has 0 aliphatic heterocycles. The van der Waals surface area contributed by atoms with E-state index < -0.39 is 0 Å². The van der Waals surface area contributed by atoms with Crippen molar-refractivity contribution in [1.29, 1.82) is 0 Å². The highest BCUT2D eigenvalue weighted by Crippen LogP contribution is 2.22. The van der Waals surface area contributed by atoms with Gasteiger partial charge in [-0.15, -0.1) is 0 Å². The summed E-state index contributed by atoms with van der Waals surface area (Å²) in [7, 11) is 0. The molecule has 1 aromatic heterocycles. The van der Waals surface area contributed by atoms with Gasteiger partial charge in [-0.2, -0.15) is 0 Å². The zero-order chi connectivity index (χ0) is 12.6. The van der Waals surface area contributed by atoms with Gasteiger partial charge in [-0.05, 0) is 36.1 Å². The Balaban J connectivity index is 0.000000509. The van der Waals surface area contributed by atoms with E-state index >= 15 is 0 Å². The molecule has 0 unspecified atom stereocenters. The summed E-state index contributed by atoms with van der Waals surface area (Å²) in [5.41, 5.74) is 1.05. The van der Waals surface area contributed by atoms with Crippen LogP contribution in [0.2, 0.25) is 0 Å². The van der Waals surface area contributed by atoms with Crippen LogP contribution >= 0.6 is 0 Å². The summed E-state index contributed by atoms with van der Waals surface area (Å²) >= 11 is 0. The minimum atomic E-state index is 0.311. The lowest BCUT2D eigenvalue weighted by molar-refractivity contribution is 0.476. The molecule has 0 saturated heterocycles. The Hall–Kier alpha value is -1.57. The SMILES string of the molecule is CC.CC.Cc1cc(O)cc2ccncc12. The first kappa shape index (κ1) is 14.4. The molecule has 0 saturated carbocycles. The Morgan fingerprint density at radius 1 is 1.06 bits per heavy atom. The van der Waals surface area contributed by atoms with Gasteiger partial charge in [0.2, 0.25) is 0 Å². The summed E-state index contributed by atoms with van der Waals surface area (Å²) in [4.78, 5) is 4.02. The molecule has 0 bridgehead atoms. The molecule has 2 aromatic rings. The Labute approximate surface area is 98.0 Å². The maximum atomic E-state index is 9.29. The molecule has 88 valence electrons. The molecule has 0 aliphatic rings. The van der Waals surface area contributed by atoms with E-state index in [1.807, 2.05) is 46.9 Å². The highest BCUT2D eigenvalue weighted by molar-refractivity contribution is 5.85. The Morgan fingerprint density at radius 3 is 2.31 bits per heavy atom. The van der Waals surface area contributed by atoms with Crippen LogP contribution in [0.25, 0.3) is 10.8 Å². The number of phenols is 1. The second kappa shape index (κ2) is 7.69. The van der Waals surface area contributed by atoms with E-state index in [4.69, 9.17) is 0 Å². The predicted molar refractivity (Wildman–Crippen MR) is 70.8 cm³/mol. The normalized spacial score (nSPS) is 8.56. The van der Waals surface area contributed by atoms with Gasteiger partial charge in [-0.25, -0.2) is 0 Å². The van der Waals surface area contributed by atoms with Gasteiger partial charge in [0.25, 0.3) is 0 Å². The van der Waals surface area contributed by atoms with Crippen LogP contribution in [0.4, 0.5) is 0 Å². The standard InChI is InChI=1S/C10H9NO.2C2H6/c1-7-4-9(12)5-8-2-3-11-6-10(7)8;2*1-2/h2-6,12H,1H3;2*1-2H3. The molecular weight excluding hydrogens is 198 g/mol. The molecule has 1 aromatic carbocycles. The lowest BCUT2D eigenvalue weighted by Crippen LogP contribution is -1.79. The average molecular weight is 219 g/mol. The van der Waals surface area contributed by atoms with Gasteiger partial charge < -0.3 is 5.11 Å². The van der Waals surface area contributed by atoms with Crippen LogP contribution < -0.4 is 0 Å². The van der Waals surface area contributed by atoms with Crippen molar-refractivity contribution in [2.75, 3.05) is 0 Å². The molecule has 16 heavy (non-hydrogen) atoms. The number of nitrogens with zero attached hydrogens (tertiary/aromatic N) is 1. The quantitative estimate of drug-likeness (QED) is 0.716. The average Bonchev–Trinajstić information content (AvgIpc) is 2.34. The minimum Gasteiger partial charge on any atom is -0.508 e. The van der Waals surface area contributed by atoms with Crippen LogP contribution in [-0.2, 0) is 0 Å². The summed E-state index contributed by atoms with van der Waals surface area (Å²) in [6, 6.07) is 5.37. The molecule has 0 aliphatic carbocycles. The van der Waals surface area contributed by atoms with E-state index in [0.717, 1.165) is 16.3 Å². The number of rotatable bonds is 0. The first-order valence-corrected chi connectivity index (χ1v) is 5.81. The van der Waals surface area contributed by atoms with Gasteiger partial charge in [-0.3, -0.25) is 4.98 Å². The van der Waals surface area contributed by atoms with Crippen LogP contribution in [0, 0.1) is 6.92 Å². The van der Waals surface area contributed by atoms with Crippen molar-refractivity contribution >= 4 is 10.8 Å². The third kappa shape index (κ3) is 3.54. The van der Waals surface area contributed by atoms with E-state index in [9.17, 15) is 5.11 Å². The van der Waals surface area contributed by atoms with Crippen molar-refractivity contribution in [2.24, 2.45) is 0 Å². The fourth-order valence-corrected chi connectivity index (χ4v) is 1.36. The first-order chi connectivity index (χ1) is 7.77. The summed E-state index contributed by atoms with van der Waals surface area (Å²) in [5, 5.41) is 11.4. The molecule has 0 spiro atoms. The third-order valence-corrected chi connectivity index (χ3v) is 1.95. The van der Waals surface area contributed by atoms with E-state index in [-0.39, 0.29) is 0 Å². The number of fused-ring (bicyclic) bond motifs is 1. The summed E-state index contributed by atoms with van der Waals surface area (Å²) < 4.78 is 0. The van der Waals surface area contributed by atoms with Crippen LogP contribution in [0.15, 0.2) is 30.6 Å². The zero-order valence-electron chi connectivity index (χ0n) is 10.8. The van der Waals surface area contributed by atoms with Gasteiger partial charge >= 0.3 is 0 Å². The molecule has 0 amide bonds. The maximum absolute atomic E-state index is 9.29. The third-order valence-electron chi connectivity index (χ3n) is 1.95. The second-order valence-corrected chi connectivity index (χ2v) is 2.86. The smallest absolute Gasteiger partial charge is 0.116 e. The number of hydrogen-bond acceptors (Lipinski definition) is 2. The van der Waals surface area contributed by atoms with Crippen LogP contribution in [0.5, 0.6) is 5.75 Å². The zero-order valence-corrected chi connectivity index (χ0v) is 10.8. The highest BCUT2D eigenvalue weighted by Gasteiger charge is 1.98. The number of benzene rings is 1. The number of pyridine rings is 1. The number of aryl methyl sites for hydroxylation is 1. The van der Waals surface area contributed by atoms with Crippen molar-refractivity contribution in [1.82, 2.24) is 4.98 Å². The van der Waals surface area contributed by atoms with Gasteiger partial charge in [-0.1, -0.05) is 27.7 Å².